The van der Waals surface area contributed by atoms with E-state index in [1.165, 1.54) is 14.0 Å². The average molecular weight is 716 g/mol. The summed E-state index contributed by atoms with van der Waals surface area (Å²) in [6.07, 6.45) is -7.08. The van der Waals surface area contributed by atoms with Gasteiger partial charge in [0.1, 0.15) is 17.8 Å². The van der Waals surface area contributed by atoms with E-state index in [0.29, 0.717) is 5.57 Å². The van der Waals surface area contributed by atoms with Crippen LogP contribution in [0.5, 0.6) is 0 Å². The second-order valence-electron chi connectivity index (χ2n) is 15.2. The van der Waals surface area contributed by atoms with Gasteiger partial charge in [-0.05, 0) is 55.3 Å². The van der Waals surface area contributed by atoms with Crippen molar-refractivity contribution in [1.29, 1.82) is 0 Å². The summed E-state index contributed by atoms with van der Waals surface area (Å²) in [7, 11) is -1.12. The summed E-state index contributed by atoms with van der Waals surface area (Å²) in [4.78, 5) is 55.9. The van der Waals surface area contributed by atoms with E-state index in [0.717, 1.165) is 18.1 Å². The number of nitrogens with one attached hydrogen (secondary N) is 1. The standard InChI is InChI=1S/C37H53NO11Si/c1-10-50(11-2,12-3)49-25-18-26-36(20-45-26,48-22(5)39)29-31(47-32(42)23-16-14-13-15-17-23)37(44)19-24(40)21(4)27(34(37,6)7)28(46-33(43)38-9)30(41)35(25,29)8/h13-17,24-26,28-29,31,40,44H,10-12,18-20H2,1-9H3,(H,38,43)/t24-,25-,26+,28+,29-,31-,35+,36-,37+/m0/s1. The average Bonchev–Trinajstić information content (AvgIpc) is 3.08. The lowest BCUT2D eigenvalue weighted by atomic mass is 9.44. The fourth-order valence-electron chi connectivity index (χ4n) is 9.36. The largest absolute Gasteiger partial charge is 0.455 e. The number of esters is 2. The number of carbonyl (C=O) groups is 4. The lowest BCUT2D eigenvalue weighted by molar-refractivity contribution is -0.344. The monoisotopic (exact) mass is 715 g/mol. The van der Waals surface area contributed by atoms with E-state index in [4.69, 9.17) is 23.4 Å². The Labute approximate surface area is 295 Å². The summed E-state index contributed by atoms with van der Waals surface area (Å²) in [6.45, 7) is 14.0. The summed E-state index contributed by atoms with van der Waals surface area (Å²) < 4.78 is 32.0. The van der Waals surface area contributed by atoms with Crippen LogP contribution in [0.3, 0.4) is 0 Å². The van der Waals surface area contributed by atoms with Crippen molar-refractivity contribution in [1.82, 2.24) is 5.32 Å². The van der Waals surface area contributed by atoms with Gasteiger partial charge in [0.05, 0.1) is 35.7 Å². The van der Waals surface area contributed by atoms with Gasteiger partial charge < -0.3 is 38.9 Å². The number of carbonyl (C=O) groups excluding carboxylic acids is 4. The molecule has 276 valence electrons. The fourth-order valence-corrected chi connectivity index (χ4v) is 12.3. The Balaban J connectivity index is 1.88. The molecule has 5 rings (SSSR count). The first-order valence-corrected chi connectivity index (χ1v) is 20.2. The molecule has 4 aliphatic rings. The zero-order valence-electron chi connectivity index (χ0n) is 30.7. The van der Waals surface area contributed by atoms with E-state index in [1.807, 2.05) is 0 Å². The first-order chi connectivity index (χ1) is 23.4. The van der Waals surface area contributed by atoms with Crippen molar-refractivity contribution >= 4 is 32.1 Å². The number of fused-ring (bicyclic) bond motifs is 5. The molecule has 9 atom stereocenters. The maximum absolute atomic E-state index is 15.7. The Morgan fingerprint density at radius 1 is 1.04 bits per heavy atom. The van der Waals surface area contributed by atoms with E-state index < -0.39 is 90.6 Å². The number of Topliss-reactive ketones (excluding diaryl/α,β-unsaturated/α-hetero) is 1. The van der Waals surface area contributed by atoms with Gasteiger partial charge in [-0.2, -0.15) is 0 Å². The van der Waals surface area contributed by atoms with Crippen molar-refractivity contribution in [2.45, 2.75) is 128 Å². The summed E-state index contributed by atoms with van der Waals surface area (Å²) in [6, 6.07) is 10.5. The minimum atomic E-state index is -2.50. The van der Waals surface area contributed by atoms with Gasteiger partial charge in [0.2, 0.25) is 0 Å². The molecule has 0 unspecified atom stereocenters. The van der Waals surface area contributed by atoms with Crippen molar-refractivity contribution in [3.05, 3.63) is 47.0 Å². The number of benzene rings is 1. The highest BCUT2D eigenvalue weighted by atomic mass is 28.4. The van der Waals surface area contributed by atoms with E-state index in [-0.39, 0.29) is 30.6 Å². The lowest BCUT2D eigenvalue weighted by Crippen LogP contribution is -2.82. The molecule has 1 heterocycles. The molecule has 13 heteroatoms. The van der Waals surface area contributed by atoms with Crippen molar-refractivity contribution < 1.29 is 52.8 Å². The van der Waals surface area contributed by atoms with Gasteiger partial charge in [0, 0.05) is 32.2 Å². The molecule has 2 saturated carbocycles. The molecule has 1 amide bonds. The molecule has 3 aliphatic carbocycles. The highest BCUT2D eigenvalue weighted by Crippen LogP contribution is 2.65. The molecule has 0 aromatic heterocycles. The number of aliphatic hydroxyl groups is 2. The Kier molecular flexibility index (Phi) is 10.3. The van der Waals surface area contributed by atoms with Crippen LogP contribution < -0.4 is 5.32 Å². The molecule has 12 nitrogen and oxygen atoms in total. The SMILES string of the molecule is CC[Si](CC)(CC)O[C@H]1C[C@H]2OC[C@@]2(OC(C)=O)[C@H]2[C@H](OC(=O)c3ccccc3)[C@]3(O)C[C@H](O)C(C)=C([C@@H](OC(=O)NC)C(=O)[C@]12C)C3(C)C. The smallest absolute Gasteiger partial charge is 0.407 e. The van der Waals surface area contributed by atoms with Gasteiger partial charge in [0.15, 0.2) is 25.8 Å². The van der Waals surface area contributed by atoms with Crippen molar-refractivity contribution in [2.24, 2.45) is 16.7 Å². The van der Waals surface area contributed by atoms with Crippen molar-refractivity contribution in [2.75, 3.05) is 13.7 Å². The van der Waals surface area contributed by atoms with Gasteiger partial charge in [0.25, 0.3) is 0 Å². The van der Waals surface area contributed by atoms with Crippen LogP contribution in [0.1, 0.15) is 78.6 Å². The third-order valence-corrected chi connectivity index (χ3v) is 17.3. The highest BCUT2D eigenvalue weighted by molar-refractivity contribution is 6.73. The quantitative estimate of drug-likeness (QED) is 0.143. The van der Waals surface area contributed by atoms with E-state index in [1.54, 1.807) is 58.0 Å². The normalized spacial score (nSPS) is 36.1. The number of ketones is 1. The van der Waals surface area contributed by atoms with Crippen LogP contribution in [0.4, 0.5) is 4.79 Å². The molecular formula is C37H53NO11Si. The van der Waals surface area contributed by atoms with Gasteiger partial charge in [-0.25, -0.2) is 9.59 Å². The molecular weight excluding hydrogens is 662 g/mol. The second-order valence-corrected chi connectivity index (χ2v) is 19.9. The molecule has 3 fully saturated rings. The lowest BCUT2D eigenvalue weighted by Gasteiger charge is -2.68. The van der Waals surface area contributed by atoms with E-state index in [9.17, 15) is 24.6 Å². The van der Waals surface area contributed by atoms with E-state index >= 15 is 4.79 Å². The third kappa shape index (κ3) is 5.64. The minimum absolute atomic E-state index is 0.142. The zero-order valence-corrected chi connectivity index (χ0v) is 31.7. The van der Waals surface area contributed by atoms with Crippen LogP contribution in [-0.2, 0) is 33.0 Å². The Morgan fingerprint density at radius 3 is 2.18 bits per heavy atom. The number of aliphatic hydroxyl groups excluding tert-OH is 1. The van der Waals surface area contributed by atoms with E-state index in [2.05, 4.69) is 26.1 Å². The predicted molar refractivity (Wildman–Crippen MR) is 185 cm³/mol. The first-order valence-electron chi connectivity index (χ1n) is 17.7. The number of alkyl carbamates (subject to hydrolysis) is 1. The molecule has 50 heavy (non-hydrogen) atoms. The number of hydrogen-bond donors (Lipinski definition) is 3. The summed E-state index contributed by atoms with van der Waals surface area (Å²) in [5, 5.41) is 27.4. The molecule has 3 N–H and O–H groups in total. The Morgan fingerprint density at radius 2 is 1.66 bits per heavy atom. The number of ether oxygens (including phenoxy) is 4. The van der Waals surface area contributed by atoms with Crippen LogP contribution in [0.2, 0.25) is 18.1 Å². The first kappa shape index (κ1) is 38.1. The summed E-state index contributed by atoms with van der Waals surface area (Å²) in [5.74, 6) is -3.25. The van der Waals surface area contributed by atoms with Crippen LogP contribution in [-0.4, -0.2) is 97.7 Å². The predicted octanol–water partition coefficient (Wildman–Crippen LogP) is 4.48. The third-order valence-electron chi connectivity index (χ3n) is 12.6. The number of amides is 1. The van der Waals surface area contributed by atoms with Crippen molar-refractivity contribution in [3.63, 3.8) is 0 Å². The number of rotatable bonds is 9. The molecule has 1 aromatic rings. The summed E-state index contributed by atoms with van der Waals surface area (Å²) in [5.41, 5.74) is -5.98. The van der Waals surface area contributed by atoms with Crippen LogP contribution in [0.15, 0.2) is 41.5 Å². The van der Waals surface area contributed by atoms with Crippen LogP contribution in [0.25, 0.3) is 0 Å². The molecule has 1 saturated heterocycles. The number of hydrogen-bond acceptors (Lipinski definition) is 11. The second kappa shape index (κ2) is 13.5. The molecule has 0 radical (unpaired) electrons. The van der Waals surface area contributed by atoms with Crippen LogP contribution in [0, 0.1) is 16.7 Å². The Hall–Kier alpha value is -3.10. The van der Waals surface area contributed by atoms with Gasteiger partial charge in [-0.3, -0.25) is 9.59 Å². The maximum Gasteiger partial charge on any atom is 0.407 e. The molecule has 1 aromatic carbocycles. The molecule has 0 spiro atoms. The summed E-state index contributed by atoms with van der Waals surface area (Å²) >= 11 is 0. The fraction of sp³-hybridized carbons (Fsp3) is 0.676. The highest BCUT2D eigenvalue weighted by Gasteiger charge is 2.78. The Bertz CT molecular complexity index is 1530. The molecule has 2 bridgehead atoms. The zero-order chi connectivity index (χ0) is 37.0. The van der Waals surface area contributed by atoms with Crippen molar-refractivity contribution in [3.8, 4) is 0 Å². The minimum Gasteiger partial charge on any atom is -0.455 e. The topological polar surface area (TPSA) is 167 Å². The van der Waals surface area contributed by atoms with Gasteiger partial charge in [-0.1, -0.05) is 52.8 Å². The van der Waals surface area contributed by atoms with Crippen LogP contribution >= 0.6 is 0 Å². The molecule has 1 aliphatic heterocycles. The maximum atomic E-state index is 15.7. The van der Waals surface area contributed by atoms with Gasteiger partial charge in [-0.15, -0.1) is 0 Å². The van der Waals surface area contributed by atoms with Gasteiger partial charge >= 0.3 is 18.0 Å².